The van der Waals surface area contributed by atoms with Gasteiger partial charge in [-0.2, -0.15) is 0 Å². The number of oxime groups is 1. The first-order valence-electron chi connectivity index (χ1n) is 2.77. The summed E-state index contributed by atoms with van der Waals surface area (Å²) in [7, 11) is 0. The zero-order valence-corrected chi connectivity index (χ0v) is 6.05. The molecule has 0 aliphatic heterocycles. The molecule has 0 aliphatic rings. The Morgan fingerprint density at radius 1 is 1.80 bits per heavy atom. The van der Waals surface area contributed by atoms with E-state index in [-0.39, 0.29) is 5.91 Å². The van der Waals surface area contributed by atoms with Gasteiger partial charge in [-0.05, 0) is 13.0 Å². The number of hydrogen-bond donors (Lipinski definition) is 1. The van der Waals surface area contributed by atoms with E-state index in [2.05, 4.69) is 22.0 Å². The van der Waals surface area contributed by atoms with E-state index >= 15 is 0 Å². The third-order valence-corrected chi connectivity index (χ3v) is 0.724. The maximum Gasteiger partial charge on any atom is 0.225 e. The number of amides is 1. The maximum atomic E-state index is 10.4. The van der Waals surface area contributed by atoms with E-state index in [1.165, 1.54) is 6.92 Å². The van der Waals surface area contributed by atoms with Gasteiger partial charge in [0.1, 0.15) is 0 Å². The van der Waals surface area contributed by atoms with E-state index in [0.29, 0.717) is 5.88 Å². The van der Waals surface area contributed by atoms with Gasteiger partial charge in [-0.25, -0.2) is 0 Å². The van der Waals surface area contributed by atoms with Crippen molar-refractivity contribution in [2.75, 3.05) is 0 Å². The summed E-state index contributed by atoms with van der Waals surface area (Å²) in [4.78, 5) is 14.9. The molecule has 56 valence electrons. The van der Waals surface area contributed by atoms with Crippen molar-refractivity contribution >= 4 is 12.6 Å². The molecule has 1 amide bonds. The predicted molar refractivity (Wildman–Crippen MR) is 38.2 cm³/mol. The Balaban J connectivity index is 3.84. The monoisotopic (exact) mass is 142 g/mol. The van der Waals surface area contributed by atoms with Crippen LogP contribution in [0.4, 0.5) is 0 Å². The van der Waals surface area contributed by atoms with Gasteiger partial charge in [-0.1, -0.05) is 5.16 Å². The molecule has 4 nitrogen and oxygen atoms in total. The first-order valence-corrected chi connectivity index (χ1v) is 2.77. The number of allylic oxidation sites excluding steroid dienone is 1. The fourth-order valence-electron chi connectivity index (χ4n) is 0.391. The normalized spacial score (nSPS) is 10.4. The minimum absolute atomic E-state index is 0.197. The summed E-state index contributed by atoms with van der Waals surface area (Å²) in [5.74, 6) is 0.0965. The standard InChI is InChI=1S/C6H10N2O2/c1-4-6(10-7-3)8-5(2)9/h4H,3H2,1-2H3,(H,8,9)/b6-4-. The Morgan fingerprint density at radius 3 is 2.70 bits per heavy atom. The first kappa shape index (κ1) is 8.68. The molecule has 0 saturated carbocycles. The van der Waals surface area contributed by atoms with Crippen LogP contribution in [0.15, 0.2) is 17.1 Å². The minimum atomic E-state index is -0.197. The van der Waals surface area contributed by atoms with E-state index in [1.807, 2.05) is 0 Å². The highest BCUT2D eigenvalue weighted by atomic mass is 16.6. The lowest BCUT2D eigenvalue weighted by molar-refractivity contribution is -0.119. The molecule has 4 heteroatoms. The number of carbonyl (C=O) groups is 1. The summed E-state index contributed by atoms with van der Waals surface area (Å²) in [6.45, 7) is 6.19. The van der Waals surface area contributed by atoms with Crippen LogP contribution in [-0.2, 0) is 9.63 Å². The molecule has 10 heavy (non-hydrogen) atoms. The molecule has 0 rings (SSSR count). The summed E-state index contributed by atoms with van der Waals surface area (Å²) in [5, 5.41) is 5.52. The molecule has 0 spiro atoms. The highest BCUT2D eigenvalue weighted by molar-refractivity contribution is 5.74. The maximum absolute atomic E-state index is 10.4. The summed E-state index contributed by atoms with van der Waals surface area (Å²) in [6.07, 6.45) is 1.58. The lowest BCUT2D eigenvalue weighted by Crippen LogP contribution is -2.19. The average Bonchev–Trinajstić information content (AvgIpc) is 1.86. The average molecular weight is 142 g/mol. The highest BCUT2D eigenvalue weighted by Crippen LogP contribution is 1.90. The van der Waals surface area contributed by atoms with Crippen molar-refractivity contribution in [2.45, 2.75) is 13.8 Å². The Bertz CT molecular complexity index is 163. The van der Waals surface area contributed by atoms with Crippen LogP contribution in [0.2, 0.25) is 0 Å². The Hall–Kier alpha value is -1.32. The van der Waals surface area contributed by atoms with Crippen LogP contribution in [0.5, 0.6) is 0 Å². The lowest BCUT2D eigenvalue weighted by Gasteiger charge is -2.01. The molecule has 0 atom stereocenters. The van der Waals surface area contributed by atoms with Crippen LogP contribution in [0.3, 0.4) is 0 Å². The quantitative estimate of drug-likeness (QED) is 0.356. The van der Waals surface area contributed by atoms with Crippen LogP contribution < -0.4 is 5.32 Å². The molecule has 0 fully saturated rings. The van der Waals surface area contributed by atoms with Gasteiger partial charge in [0.25, 0.3) is 0 Å². The summed E-state index contributed by atoms with van der Waals surface area (Å²) >= 11 is 0. The SMILES string of the molecule is C=NO/C(=C\C)NC(C)=O. The van der Waals surface area contributed by atoms with Gasteiger partial charge < -0.3 is 4.84 Å². The Morgan fingerprint density at radius 2 is 2.40 bits per heavy atom. The van der Waals surface area contributed by atoms with E-state index in [0.717, 1.165) is 0 Å². The lowest BCUT2D eigenvalue weighted by atomic mass is 10.6. The van der Waals surface area contributed by atoms with Crippen LogP contribution >= 0.6 is 0 Å². The number of hydrogen-bond acceptors (Lipinski definition) is 3. The van der Waals surface area contributed by atoms with E-state index in [9.17, 15) is 4.79 Å². The molecular formula is C6H10N2O2. The minimum Gasteiger partial charge on any atom is -0.340 e. The number of nitrogens with zero attached hydrogens (tertiary/aromatic N) is 1. The third-order valence-electron chi connectivity index (χ3n) is 0.724. The Kier molecular flexibility index (Phi) is 3.95. The van der Waals surface area contributed by atoms with Crippen LogP contribution in [0.25, 0.3) is 0 Å². The second-order valence-electron chi connectivity index (χ2n) is 1.55. The number of nitrogens with one attached hydrogen (secondary N) is 1. The van der Waals surface area contributed by atoms with Crippen molar-refractivity contribution in [3.05, 3.63) is 12.0 Å². The van der Waals surface area contributed by atoms with Gasteiger partial charge >= 0.3 is 0 Å². The van der Waals surface area contributed by atoms with Gasteiger partial charge in [0.05, 0.1) is 0 Å². The predicted octanol–water partition coefficient (Wildman–Crippen LogP) is 0.616. The second-order valence-corrected chi connectivity index (χ2v) is 1.55. The second kappa shape index (κ2) is 4.55. The largest absolute Gasteiger partial charge is 0.340 e. The van der Waals surface area contributed by atoms with Crippen molar-refractivity contribution in [2.24, 2.45) is 5.16 Å². The van der Waals surface area contributed by atoms with E-state index < -0.39 is 0 Å². The summed E-state index contributed by atoms with van der Waals surface area (Å²) < 4.78 is 0. The Labute approximate surface area is 59.5 Å². The highest BCUT2D eigenvalue weighted by Gasteiger charge is 1.96. The molecule has 0 radical (unpaired) electrons. The van der Waals surface area contributed by atoms with Crippen molar-refractivity contribution in [1.29, 1.82) is 0 Å². The van der Waals surface area contributed by atoms with Crippen LogP contribution in [-0.4, -0.2) is 12.6 Å². The van der Waals surface area contributed by atoms with Gasteiger partial charge in [0.15, 0.2) is 0 Å². The molecule has 0 unspecified atom stereocenters. The van der Waals surface area contributed by atoms with Crippen molar-refractivity contribution in [3.63, 3.8) is 0 Å². The van der Waals surface area contributed by atoms with Gasteiger partial charge in [-0.3, -0.25) is 10.1 Å². The number of carbonyl (C=O) groups excluding carboxylic acids is 1. The van der Waals surface area contributed by atoms with Gasteiger partial charge in [0, 0.05) is 13.6 Å². The van der Waals surface area contributed by atoms with Crippen LogP contribution in [0.1, 0.15) is 13.8 Å². The first-order chi connectivity index (χ1) is 4.70. The molecule has 1 N–H and O–H groups in total. The number of rotatable bonds is 3. The molecule has 0 heterocycles. The fraction of sp³-hybridized carbons (Fsp3) is 0.333. The van der Waals surface area contributed by atoms with Crippen molar-refractivity contribution in [1.82, 2.24) is 5.32 Å². The van der Waals surface area contributed by atoms with E-state index in [4.69, 9.17) is 0 Å². The molecule has 0 bridgehead atoms. The fourth-order valence-corrected chi connectivity index (χ4v) is 0.391. The third kappa shape index (κ3) is 3.65. The van der Waals surface area contributed by atoms with Crippen molar-refractivity contribution < 1.29 is 9.63 Å². The zero-order valence-electron chi connectivity index (χ0n) is 6.05. The summed E-state index contributed by atoms with van der Waals surface area (Å²) in [5.41, 5.74) is 0. The van der Waals surface area contributed by atoms with Gasteiger partial charge in [-0.15, -0.1) is 0 Å². The smallest absolute Gasteiger partial charge is 0.225 e. The molecule has 0 aromatic rings. The van der Waals surface area contributed by atoms with Crippen LogP contribution in [0, 0.1) is 0 Å². The molecule has 0 aromatic heterocycles. The van der Waals surface area contributed by atoms with Gasteiger partial charge in [0.2, 0.25) is 11.8 Å². The summed E-state index contributed by atoms with van der Waals surface area (Å²) in [6, 6.07) is 0. The molecule has 0 aliphatic carbocycles. The van der Waals surface area contributed by atoms with Crippen molar-refractivity contribution in [3.8, 4) is 0 Å². The molecular weight excluding hydrogens is 132 g/mol. The van der Waals surface area contributed by atoms with E-state index in [1.54, 1.807) is 13.0 Å². The molecule has 0 aromatic carbocycles. The zero-order chi connectivity index (χ0) is 7.98. The molecule has 0 saturated heterocycles. The topological polar surface area (TPSA) is 50.7 Å².